The molecule has 0 amide bonds. The zero-order valence-electron chi connectivity index (χ0n) is 10.3. The van der Waals surface area contributed by atoms with E-state index in [1.54, 1.807) is 0 Å². The Hall–Kier alpha value is -1.07. The molecule has 4 nitrogen and oxygen atoms in total. The molecule has 1 fully saturated rings. The van der Waals surface area contributed by atoms with Crippen LogP contribution >= 0.6 is 15.9 Å². The highest BCUT2D eigenvalue weighted by atomic mass is 79.9. The van der Waals surface area contributed by atoms with Gasteiger partial charge < -0.3 is 9.88 Å². The first-order valence-corrected chi connectivity index (χ1v) is 7.03. The second-order valence-electron chi connectivity index (χ2n) is 4.97. The number of nitrogens with zero attached hydrogens (tertiary/aromatic N) is 2. The van der Waals surface area contributed by atoms with Crippen molar-refractivity contribution in [2.24, 2.45) is 0 Å². The van der Waals surface area contributed by atoms with E-state index in [1.165, 1.54) is 0 Å². The van der Waals surface area contributed by atoms with Crippen LogP contribution in [-0.4, -0.2) is 34.6 Å². The number of aromatic nitrogens is 2. The van der Waals surface area contributed by atoms with Crippen molar-refractivity contribution in [1.82, 2.24) is 14.5 Å². The van der Waals surface area contributed by atoms with E-state index >= 15 is 0 Å². The van der Waals surface area contributed by atoms with Gasteiger partial charge in [0.2, 0.25) is 0 Å². The van der Waals surface area contributed by atoms with E-state index in [9.17, 15) is 4.79 Å². The number of aromatic amines is 1. The van der Waals surface area contributed by atoms with Crippen molar-refractivity contribution < 1.29 is 0 Å². The highest BCUT2D eigenvalue weighted by molar-refractivity contribution is 9.10. The Morgan fingerprint density at radius 2 is 2.06 bits per heavy atom. The van der Waals surface area contributed by atoms with E-state index in [1.807, 2.05) is 22.8 Å². The van der Waals surface area contributed by atoms with Crippen LogP contribution in [0.4, 0.5) is 0 Å². The fourth-order valence-electron chi connectivity index (χ4n) is 2.74. The van der Waals surface area contributed by atoms with Gasteiger partial charge in [-0.05, 0) is 61.0 Å². The Labute approximate surface area is 114 Å². The maximum atomic E-state index is 12.1. The highest BCUT2D eigenvalue weighted by Gasteiger charge is 2.22. The molecule has 0 spiro atoms. The van der Waals surface area contributed by atoms with Gasteiger partial charge in [-0.3, -0.25) is 4.57 Å². The number of halogens is 1. The molecule has 0 saturated carbocycles. The Morgan fingerprint density at radius 3 is 2.78 bits per heavy atom. The first-order valence-electron chi connectivity index (χ1n) is 6.24. The molecule has 3 rings (SSSR count). The summed E-state index contributed by atoms with van der Waals surface area (Å²) in [5.74, 6) is 0. The van der Waals surface area contributed by atoms with E-state index in [2.05, 4.69) is 32.9 Å². The normalized spacial score (nSPS) is 18.6. The van der Waals surface area contributed by atoms with Crippen LogP contribution in [0.3, 0.4) is 0 Å². The van der Waals surface area contributed by atoms with Crippen molar-refractivity contribution in [2.75, 3.05) is 20.1 Å². The highest BCUT2D eigenvalue weighted by Crippen LogP contribution is 2.28. The SMILES string of the molecule is CN1CCC(n2c(=O)[nH]c3cccc(Br)c32)CC1. The van der Waals surface area contributed by atoms with Gasteiger partial charge in [0.15, 0.2) is 0 Å². The Kier molecular flexibility index (Phi) is 3.03. The largest absolute Gasteiger partial charge is 0.326 e. The second kappa shape index (κ2) is 4.55. The lowest BCUT2D eigenvalue weighted by molar-refractivity contribution is 0.221. The van der Waals surface area contributed by atoms with Crippen LogP contribution in [0, 0.1) is 0 Å². The summed E-state index contributed by atoms with van der Waals surface area (Å²) < 4.78 is 2.91. The van der Waals surface area contributed by atoms with E-state index in [4.69, 9.17) is 0 Å². The second-order valence-corrected chi connectivity index (χ2v) is 5.82. The summed E-state index contributed by atoms with van der Waals surface area (Å²) in [6, 6.07) is 6.19. The fourth-order valence-corrected chi connectivity index (χ4v) is 3.30. The van der Waals surface area contributed by atoms with Crippen LogP contribution in [-0.2, 0) is 0 Å². The molecule has 1 saturated heterocycles. The van der Waals surface area contributed by atoms with E-state index in [0.29, 0.717) is 6.04 Å². The minimum Gasteiger partial charge on any atom is -0.306 e. The first kappa shape index (κ1) is 12.0. The van der Waals surface area contributed by atoms with Crippen LogP contribution in [0.5, 0.6) is 0 Å². The Morgan fingerprint density at radius 1 is 1.33 bits per heavy atom. The average Bonchev–Trinajstić information content (AvgIpc) is 2.68. The Balaban J connectivity index is 2.11. The first-order chi connectivity index (χ1) is 8.66. The van der Waals surface area contributed by atoms with Crippen molar-refractivity contribution in [3.8, 4) is 0 Å². The molecule has 1 aliphatic heterocycles. The molecule has 0 unspecified atom stereocenters. The van der Waals surface area contributed by atoms with Crippen molar-refractivity contribution in [2.45, 2.75) is 18.9 Å². The van der Waals surface area contributed by atoms with Gasteiger partial charge >= 0.3 is 5.69 Å². The van der Waals surface area contributed by atoms with Gasteiger partial charge in [0.05, 0.1) is 11.0 Å². The summed E-state index contributed by atoms with van der Waals surface area (Å²) in [5.41, 5.74) is 1.91. The maximum absolute atomic E-state index is 12.1. The number of hydrogen-bond donors (Lipinski definition) is 1. The number of benzene rings is 1. The summed E-state index contributed by atoms with van der Waals surface area (Å²) in [6.45, 7) is 2.10. The number of H-pyrrole nitrogens is 1. The number of piperidine rings is 1. The fraction of sp³-hybridized carbons (Fsp3) is 0.462. The maximum Gasteiger partial charge on any atom is 0.326 e. The topological polar surface area (TPSA) is 41.0 Å². The third kappa shape index (κ3) is 1.91. The molecule has 0 radical (unpaired) electrons. The summed E-state index contributed by atoms with van der Waals surface area (Å²) in [6.07, 6.45) is 2.06. The molecule has 1 aliphatic rings. The van der Waals surface area contributed by atoms with Gasteiger partial charge in [-0.1, -0.05) is 6.07 Å². The van der Waals surface area contributed by atoms with E-state index < -0.39 is 0 Å². The smallest absolute Gasteiger partial charge is 0.306 e. The van der Waals surface area contributed by atoms with Gasteiger partial charge in [-0.25, -0.2) is 4.79 Å². The molecule has 2 aromatic rings. The number of likely N-dealkylation sites (tertiary alicyclic amines) is 1. The molecule has 96 valence electrons. The number of rotatable bonds is 1. The molecule has 2 heterocycles. The summed E-state index contributed by atoms with van der Waals surface area (Å²) >= 11 is 3.55. The summed E-state index contributed by atoms with van der Waals surface area (Å²) in [5, 5.41) is 0. The van der Waals surface area contributed by atoms with Crippen LogP contribution in [0.25, 0.3) is 11.0 Å². The molecule has 0 atom stereocenters. The molecule has 0 aliphatic carbocycles. The summed E-state index contributed by atoms with van der Waals surface area (Å²) in [7, 11) is 2.13. The molecule has 5 heteroatoms. The average molecular weight is 310 g/mol. The van der Waals surface area contributed by atoms with Crippen LogP contribution in [0.15, 0.2) is 27.5 Å². The van der Waals surface area contributed by atoms with Gasteiger partial charge in [-0.2, -0.15) is 0 Å². The van der Waals surface area contributed by atoms with Crippen LogP contribution in [0.1, 0.15) is 18.9 Å². The zero-order chi connectivity index (χ0) is 12.7. The number of fused-ring (bicyclic) bond motifs is 1. The number of para-hydroxylation sites is 1. The number of hydrogen-bond acceptors (Lipinski definition) is 2. The van der Waals surface area contributed by atoms with E-state index in [-0.39, 0.29) is 5.69 Å². The molecule has 1 aromatic carbocycles. The van der Waals surface area contributed by atoms with Gasteiger partial charge in [-0.15, -0.1) is 0 Å². The van der Waals surface area contributed by atoms with Crippen molar-refractivity contribution in [1.29, 1.82) is 0 Å². The predicted molar refractivity (Wildman–Crippen MR) is 76.0 cm³/mol. The van der Waals surface area contributed by atoms with Crippen molar-refractivity contribution in [3.63, 3.8) is 0 Å². The van der Waals surface area contributed by atoms with Crippen molar-refractivity contribution >= 4 is 27.0 Å². The monoisotopic (exact) mass is 309 g/mol. The minimum atomic E-state index is 0.00598. The molecule has 18 heavy (non-hydrogen) atoms. The third-order valence-electron chi connectivity index (χ3n) is 3.74. The van der Waals surface area contributed by atoms with Crippen molar-refractivity contribution in [3.05, 3.63) is 33.2 Å². The quantitative estimate of drug-likeness (QED) is 0.878. The lowest BCUT2D eigenvalue weighted by atomic mass is 10.1. The molecule has 1 aromatic heterocycles. The standard InChI is InChI=1S/C13H16BrN3O/c1-16-7-5-9(6-8-16)17-12-10(14)3-2-4-11(12)15-13(17)18/h2-4,9H,5-8H2,1H3,(H,15,18). The predicted octanol–water partition coefficient (Wildman–Crippen LogP) is 2.36. The lowest BCUT2D eigenvalue weighted by Gasteiger charge is -2.29. The molecular formula is C13H16BrN3O. The molecular weight excluding hydrogens is 294 g/mol. The zero-order valence-corrected chi connectivity index (χ0v) is 11.9. The van der Waals surface area contributed by atoms with Crippen LogP contribution in [0.2, 0.25) is 0 Å². The van der Waals surface area contributed by atoms with Gasteiger partial charge in [0, 0.05) is 10.5 Å². The molecule has 0 bridgehead atoms. The molecule has 1 N–H and O–H groups in total. The number of nitrogens with one attached hydrogen (secondary N) is 1. The Bertz CT molecular complexity index is 623. The van der Waals surface area contributed by atoms with E-state index in [0.717, 1.165) is 41.4 Å². The third-order valence-corrected chi connectivity index (χ3v) is 4.38. The lowest BCUT2D eigenvalue weighted by Crippen LogP contribution is -2.34. The minimum absolute atomic E-state index is 0.00598. The van der Waals surface area contributed by atoms with Gasteiger partial charge in [0.25, 0.3) is 0 Å². The van der Waals surface area contributed by atoms with Crippen LogP contribution < -0.4 is 5.69 Å². The van der Waals surface area contributed by atoms with Gasteiger partial charge in [0.1, 0.15) is 0 Å². The number of imidazole rings is 1. The summed E-state index contributed by atoms with van der Waals surface area (Å²) in [4.78, 5) is 17.4.